The highest BCUT2D eigenvalue weighted by Crippen LogP contribution is 2.43. The molecular weight excluding hydrogens is 369 g/mol. The molecule has 154 valence electrons. The van der Waals surface area contributed by atoms with Gasteiger partial charge in [-0.25, -0.2) is 4.39 Å². The lowest BCUT2D eigenvalue weighted by Gasteiger charge is -2.27. The number of hydrogen-bond acceptors (Lipinski definition) is 3. The molecule has 0 spiro atoms. The van der Waals surface area contributed by atoms with Crippen LogP contribution < -0.4 is 5.32 Å². The second kappa shape index (κ2) is 8.36. The van der Waals surface area contributed by atoms with E-state index in [2.05, 4.69) is 26.1 Å². The fourth-order valence-corrected chi connectivity index (χ4v) is 3.93. The number of rotatable bonds is 5. The number of halogens is 1. The summed E-state index contributed by atoms with van der Waals surface area (Å²) in [6.07, 6.45) is 2.72. The van der Waals surface area contributed by atoms with Crippen molar-refractivity contribution >= 4 is 17.6 Å². The summed E-state index contributed by atoms with van der Waals surface area (Å²) in [7, 11) is 0. The monoisotopic (exact) mass is 397 g/mol. The Morgan fingerprint density at radius 3 is 2.24 bits per heavy atom. The first-order valence-electron chi connectivity index (χ1n) is 10.0. The Balaban J connectivity index is 1.63. The van der Waals surface area contributed by atoms with E-state index in [1.54, 1.807) is 18.2 Å². The Morgan fingerprint density at radius 1 is 1.03 bits per heavy atom. The van der Waals surface area contributed by atoms with Crippen molar-refractivity contribution in [2.75, 3.05) is 11.9 Å². The van der Waals surface area contributed by atoms with Crippen LogP contribution in [0.2, 0.25) is 0 Å². The van der Waals surface area contributed by atoms with Gasteiger partial charge in [-0.3, -0.25) is 9.59 Å². The maximum atomic E-state index is 14.4. The van der Waals surface area contributed by atoms with Crippen molar-refractivity contribution in [1.82, 2.24) is 0 Å². The van der Waals surface area contributed by atoms with E-state index < -0.39 is 29.7 Å². The second-order valence-electron chi connectivity index (χ2n) is 8.72. The Labute approximate surface area is 171 Å². The lowest BCUT2D eigenvalue weighted by molar-refractivity contribution is -0.153. The van der Waals surface area contributed by atoms with Gasteiger partial charge in [-0.2, -0.15) is 0 Å². The summed E-state index contributed by atoms with van der Waals surface area (Å²) in [4.78, 5) is 25.1. The average molecular weight is 397 g/mol. The summed E-state index contributed by atoms with van der Waals surface area (Å²) >= 11 is 0. The van der Waals surface area contributed by atoms with Crippen LogP contribution >= 0.6 is 0 Å². The summed E-state index contributed by atoms with van der Waals surface area (Å²) < 4.78 is 19.7. The van der Waals surface area contributed by atoms with E-state index in [4.69, 9.17) is 4.74 Å². The van der Waals surface area contributed by atoms with Crippen molar-refractivity contribution in [3.63, 3.8) is 0 Å². The van der Waals surface area contributed by atoms with Crippen molar-refractivity contribution in [3.05, 3.63) is 65.5 Å². The SMILES string of the molecule is CC(C)(C)c1ccc(NC(=O)COC(=O)C2(c3ccccc3F)CCCC2)cc1. The zero-order valence-corrected chi connectivity index (χ0v) is 17.3. The van der Waals surface area contributed by atoms with Crippen molar-refractivity contribution in [3.8, 4) is 0 Å². The molecular formula is C24H28FNO3. The molecule has 1 N–H and O–H groups in total. The Morgan fingerprint density at radius 2 is 1.66 bits per heavy atom. The van der Waals surface area contributed by atoms with Gasteiger partial charge in [0.2, 0.25) is 0 Å². The molecule has 0 aliphatic heterocycles. The van der Waals surface area contributed by atoms with Gasteiger partial charge in [0.1, 0.15) is 5.82 Å². The van der Waals surface area contributed by atoms with Crippen molar-refractivity contribution < 1.29 is 18.7 Å². The fraction of sp³-hybridized carbons (Fsp3) is 0.417. The van der Waals surface area contributed by atoms with E-state index in [-0.39, 0.29) is 5.41 Å². The third kappa shape index (κ3) is 4.66. The Kier molecular flexibility index (Phi) is 6.06. The van der Waals surface area contributed by atoms with E-state index in [0.717, 1.165) is 18.4 Å². The fourth-order valence-electron chi connectivity index (χ4n) is 3.93. The molecule has 0 unspecified atom stereocenters. The third-order valence-electron chi connectivity index (χ3n) is 5.61. The predicted molar refractivity (Wildman–Crippen MR) is 111 cm³/mol. The summed E-state index contributed by atoms with van der Waals surface area (Å²) in [5.74, 6) is -1.35. The van der Waals surface area contributed by atoms with Crippen LogP contribution in [0.15, 0.2) is 48.5 Å². The number of carbonyl (C=O) groups excluding carboxylic acids is 2. The molecule has 2 aromatic carbocycles. The van der Waals surface area contributed by atoms with Gasteiger partial charge in [0, 0.05) is 11.3 Å². The maximum absolute atomic E-state index is 14.4. The minimum atomic E-state index is -1.00. The number of esters is 1. The molecule has 1 aliphatic rings. The highest BCUT2D eigenvalue weighted by Gasteiger charge is 2.45. The van der Waals surface area contributed by atoms with E-state index in [1.807, 2.05) is 24.3 Å². The van der Waals surface area contributed by atoms with Gasteiger partial charge in [-0.1, -0.05) is 63.9 Å². The van der Waals surface area contributed by atoms with Crippen LogP contribution in [0, 0.1) is 5.82 Å². The van der Waals surface area contributed by atoms with Crippen LogP contribution in [-0.4, -0.2) is 18.5 Å². The van der Waals surface area contributed by atoms with Crippen LogP contribution in [-0.2, 0) is 25.2 Å². The number of ether oxygens (including phenoxy) is 1. The van der Waals surface area contributed by atoms with Crippen molar-refractivity contribution in [1.29, 1.82) is 0 Å². The number of hydrogen-bond donors (Lipinski definition) is 1. The predicted octanol–water partition coefficient (Wildman–Crippen LogP) is 5.12. The van der Waals surface area contributed by atoms with Gasteiger partial charge < -0.3 is 10.1 Å². The Hall–Kier alpha value is -2.69. The quantitative estimate of drug-likeness (QED) is 0.713. The molecule has 1 fully saturated rings. The average Bonchev–Trinajstić information content (AvgIpc) is 3.17. The molecule has 1 amide bonds. The summed E-state index contributed by atoms with van der Waals surface area (Å²) in [6, 6.07) is 13.9. The maximum Gasteiger partial charge on any atom is 0.317 e. The largest absolute Gasteiger partial charge is 0.455 e. The van der Waals surface area contributed by atoms with Gasteiger partial charge in [-0.05, 0) is 42.0 Å². The van der Waals surface area contributed by atoms with E-state index in [0.29, 0.717) is 24.1 Å². The number of anilines is 1. The van der Waals surface area contributed by atoms with Crippen LogP contribution in [0.4, 0.5) is 10.1 Å². The summed E-state index contributed by atoms with van der Waals surface area (Å²) in [5, 5.41) is 2.74. The number of benzene rings is 2. The number of carbonyl (C=O) groups is 2. The highest BCUT2D eigenvalue weighted by molar-refractivity contribution is 5.94. The molecule has 0 saturated heterocycles. The van der Waals surface area contributed by atoms with Crippen LogP contribution in [0.3, 0.4) is 0 Å². The third-order valence-corrected chi connectivity index (χ3v) is 5.61. The molecule has 4 nitrogen and oxygen atoms in total. The number of amides is 1. The summed E-state index contributed by atoms with van der Waals surface area (Å²) in [5.41, 5.74) is 1.19. The topological polar surface area (TPSA) is 55.4 Å². The molecule has 3 rings (SSSR count). The van der Waals surface area contributed by atoms with Crippen molar-refractivity contribution in [2.24, 2.45) is 0 Å². The lowest BCUT2D eigenvalue weighted by Crippen LogP contribution is -2.37. The minimum absolute atomic E-state index is 0.0282. The molecule has 0 aromatic heterocycles. The Bertz CT molecular complexity index is 878. The van der Waals surface area contributed by atoms with Crippen molar-refractivity contribution in [2.45, 2.75) is 57.3 Å². The molecule has 29 heavy (non-hydrogen) atoms. The molecule has 5 heteroatoms. The standard InChI is InChI=1S/C24H28FNO3/c1-23(2,3)17-10-12-18(13-11-17)26-21(27)16-29-22(28)24(14-6-7-15-24)19-8-4-5-9-20(19)25/h4-5,8-13H,6-7,14-16H2,1-3H3,(H,26,27). The van der Waals surface area contributed by atoms with Crippen LogP contribution in [0.1, 0.15) is 57.6 Å². The minimum Gasteiger partial charge on any atom is -0.455 e. The zero-order chi connectivity index (χ0) is 21.1. The van der Waals surface area contributed by atoms with E-state index >= 15 is 0 Å². The smallest absolute Gasteiger partial charge is 0.317 e. The van der Waals surface area contributed by atoms with Gasteiger partial charge in [0.15, 0.2) is 6.61 Å². The van der Waals surface area contributed by atoms with E-state index in [9.17, 15) is 14.0 Å². The first-order chi connectivity index (χ1) is 13.7. The summed E-state index contributed by atoms with van der Waals surface area (Å²) in [6.45, 7) is 5.97. The first-order valence-corrected chi connectivity index (χ1v) is 10.0. The molecule has 0 atom stereocenters. The van der Waals surface area contributed by atoms with Gasteiger partial charge in [0.05, 0.1) is 5.41 Å². The molecule has 0 radical (unpaired) electrons. The first kappa shape index (κ1) is 21.0. The van der Waals surface area contributed by atoms with E-state index in [1.165, 1.54) is 6.07 Å². The van der Waals surface area contributed by atoms with Crippen LogP contribution in [0.5, 0.6) is 0 Å². The molecule has 2 aromatic rings. The normalized spacial score (nSPS) is 15.7. The van der Waals surface area contributed by atoms with Gasteiger partial charge in [-0.15, -0.1) is 0 Å². The number of nitrogens with one attached hydrogen (secondary N) is 1. The zero-order valence-electron chi connectivity index (χ0n) is 17.3. The molecule has 0 bridgehead atoms. The van der Waals surface area contributed by atoms with Crippen LogP contribution in [0.25, 0.3) is 0 Å². The molecule has 1 saturated carbocycles. The lowest BCUT2D eigenvalue weighted by atomic mass is 9.78. The van der Waals surface area contributed by atoms with Gasteiger partial charge >= 0.3 is 5.97 Å². The highest BCUT2D eigenvalue weighted by atomic mass is 19.1. The van der Waals surface area contributed by atoms with Gasteiger partial charge in [0.25, 0.3) is 5.91 Å². The molecule has 0 heterocycles. The molecule has 1 aliphatic carbocycles. The second-order valence-corrected chi connectivity index (χ2v) is 8.72.